The second-order valence-electron chi connectivity index (χ2n) is 4.34. The summed E-state index contributed by atoms with van der Waals surface area (Å²) in [6.07, 6.45) is 0. The Bertz CT molecular complexity index is 594. The standard InChI is InChI=1S/C14H16BrN3/c1-8-5-6-11(7-9(8)2)13-17-10(3)12(15)14(16-4)18-13/h5-7H,1-4H3,(H,16,17,18). The van der Waals surface area contributed by atoms with Gasteiger partial charge in [-0.15, -0.1) is 0 Å². The first-order valence-electron chi connectivity index (χ1n) is 5.82. The lowest BCUT2D eigenvalue weighted by molar-refractivity contribution is 1.09. The lowest BCUT2D eigenvalue weighted by Crippen LogP contribution is -2.01. The highest BCUT2D eigenvalue weighted by Crippen LogP contribution is 2.27. The second-order valence-corrected chi connectivity index (χ2v) is 5.14. The van der Waals surface area contributed by atoms with Gasteiger partial charge >= 0.3 is 0 Å². The SMILES string of the molecule is CNc1nc(-c2ccc(C)c(C)c2)nc(C)c1Br. The molecule has 0 amide bonds. The molecule has 18 heavy (non-hydrogen) atoms. The molecule has 0 bridgehead atoms. The highest BCUT2D eigenvalue weighted by atomic mass is 79.9. The van der Waals surface area contributed by atoms with Crippen LogP contribution in [0.3, 0.4) is 0 Å². The Hall–Kier alpha value is -1.42. The number of nitrogens with one attached hydrogen (secondary N) is 1. The highest BCUT2D eigenvalue weighted by Gasteiger charge is 2.10. The van der Waals surface area contributed by atoms with E-state index in [1.165, 1.54) is 11.1 Å². The molecule has 0 unspecified atom stereocenters. The van der Waals surface area contributed by atoms with Gasteiger partial charge < -0.3 is 5.32 Å². The number of hydrogen-bond donors (Lipinski definition) is 1. The molecule has 0 saturated carbocycles. The van der Waals surface area contributed by atoms with E-state index < -0.39 is 0 Å². The highest BCUT2D eigenvalue weighted by molar-refractivity contribution is 9.10. The number of aromatic nitrogens is 2. The van der Waals surface area contributed by atoms with Gasteiger partial charge in [0.05, 0.1) is 10.2 Å². The minimum atomic E-state index is 0.753. The van der Waals surface area contributed by atoms with E-state index >= 15 is 0 Å². The molecular formula is C14H16BrN3. The first-order chi connectivity index (χ1) is 8.52. The molecule has 2 aromatic rings. The number of anilines is 1. The van der Waals surface area contributed by atoms with Crippen molar-refractivity contribution in [1.29, 1.82) is 0 Å². The van der Waals surface area contributed by atoms with Crippen molar-refractivity contribution < 1.29 is 0 Å². The Morgan fingerprint density at radius 3 is 2.39 bits per heavy atom. The topological polar surface area (TPSA) is 37.8 Å². The summed E-state index contributed by atoms with van der Waals surface area (Å²) in [5.74, 6) is 1.57. The third-order valence-corrected chi connectivity index (χ3v) is 3.97. The van der Waals surface area contributed by atoms with Crippen LogP contribution in [0.15, 0.2) is 22.7 Å². The predicted octanol–water partition coefficient (Wildman–Crippen LogP) is 3.87. The molecule has 1 aromatic heterocycles. The first kappa shape index (κ1) is 13.0. The summed E-state index contributed by atoms with van der Waals surface area (Å²) in [5.41, 5.74) is 4.51. The molecule has 3 nitrogen and oxygen atoms in total. The summed E-state index contributed by atoms with van der Waals surface area (Å²) >= 11 is 3.49. The Labute approximate surface area is 116 Å². The van der Waals surface area contributed by atoms with Crippen LogP contribution in [0.2, 0.25) is 0 Å². The van der Waals surface area contributed by atoms with Gasteiger partial charge in [0.15, 0.2) is 5.82 Å². The van der Waals surface area contributed by atoms with Gasteiger partial charge in [0.1, 0.15) is 5.82 Å². The molecule has 0 spiro atoms. The Morgan fingerprint density at radius 2 is 1.78 bits per heavy atom. The molecule has 4 heteroatoms. The number of aryl methyl sites for hydroxylation is 3. The minimum absolute atomic E-state index is 0.753. The van der Waals surface area contributed by atoms with E-state index in [2.05, 4.69) is 63.3 Å². The number of hydrogen-bond acceptors (Lipinski definition) is 3. The summed E-state index contributed by atoms with van der Waals surface area (Å²) in [6, 6.07) is 6.28. The Morgan fingerprint density at radius 1 is 1.06 bits per heavy atom. The predicted molar refractivity (Wildman–Crippen MR) is 78.9 cm³/mol. The van der Waals surface area contributed by atoms with Crippen molar-refractivity contribution in [3.8, 4) is 11.4 Å². The van der Waals surface area contributed by atoms with Gasteiger partial charge in [0.2, 0.25) is 0 Å². The fraction of sp³-hybridized carbons (Fsp3) is 0.286. The molecule has 0 atom stereocenters. The van der Waals surface area contributed by atoms with Crippen molar-refractivity contribution >= 4 is 21.7 Å². The smallest absolute Gasteiger partial charge is 0.161 e. The van der Waals surface area contributed by atoms with Crippen LogP contribution in [0, 0.1) is 20.8 Å². The van der Waals surface area contributed by atoms with Gasteiger partial charge in [-0.1, -0.05) is 12.1 Å². The van der Waals surface area contributed by atoms with Crippen molar-refractivity contribution in [3.63, 3.8) is 0 Å². The van der Waals surface area contributed by atoms with Crippen molar-refractivity contribution in [3.05, 3.63) is 39.5 Å². The largest absolute Gasteiger partial charge is 0.372 e. The van der Waals surface area contributed by atoms with E-state index in [9.17, 15) is 0 Å². The maximum absolute atomic E-state index is 4.52. The zero-order valence-corrected chi connectivity index (χ0v) is 12.6. The Balaban J connectivity index is 2.57. The molecule has 2 rings (SSSR count). The summed E-state index contributed by atoms with van der Waals surface area (Å²) in [4.78, 5) is 9.05. The van der Waals surface area contributed by atoms with Gasteiger partial charge in [-0.2, -0.15) is 0 Å². The summed E-state index contributed by atoms with van der Waals surface area (Å²) < 4.78 is 0.914. The van der Waals surface area contributed by atoms with Crippen LogP contribution in [-0.4, -0.2) is 17.0 Å². The molecule has 0 aliphatic rings. The maximum atomic E-state index is 4.52. The third-order valence-electron chi connectivity index (χ3n) is 3.02. The Kier molecular flexibility index (Phi) is 3.66. The van der Waals surface area contributed by atoms with Crippen LogP contribution in [-0.2, 0) is 0 Å². The average molecular weight is 306 g/mol. The van der Waals surface area contributed by atoms with E-state index in [1.54, 1.807) is 0 Å². The van der Waals surface area contributed by atoms with Crippen molar-refractivity contribution in [2.45, 2.75) is 20.8 Å². The third kappa shape index (κ3) is 2.38. The van der Waals surface area contributed by atoms with Crippen LogP contribution in [0.25, 0.3) is 11.4 Å². The second kappa shape index (κ2) is 5.06. The average Bonchev–Trinajstić information content (AvgIpc) is 2.36. The van der Waals surface area contributed by atoms with Crippen LogP contribution < -0.4 is 5.32 Å². The quantitative estimate of drug-likeness (QED) is 0.915. The summed E-state index contributed by atoms with van der Waals surface area (Å²) in [7, 11) is 1.86. The molecular weight excluding hydrogens is 290 g/mol. The van der Waals surface area contributed by atoms with Gasteiger partial charge in [-0.25, -0.2) is 9.97 Å². The monoisotopic (exact) mass is 305 g/mol. The fourth-order valence-electron chi connectivity index (χ4n) is 1.73. The van der Waals surface area contributed by atoms with E-state index in [0.717, 1.165) is 27.4 Å². The van der Waals surface area contributed by atoms with Gasteiger partial charge in [0.25, 0.3) is 0 Å². The van der Waals surface area contributed by atoms with E-state index in [-0.39, 0.29) is 0 Å². The number of nitrogens with zero attached hydrogens (tertiary/aromatic N) is 2. The summed E-state index contributed by atoms with van der Waals surface area (Å²) in [6.45, 7) is 6.17. The van der Waals surface area contributed by atoms with Crippen molar-refractivity contribution in [1.82, 2.24) is 9.97 Å². The van der Waals surface area contributed by atoms with E-state index in [0.29, 0.717) is 0 Å². The number of rotatable bonds is 2. The first-order valence-corrected chi connectivity index (χ1v) is 6.61. The van der Waals surface area contributed by atoms with Crippen LogP contribution in [0.5, 0.6) is 0 Å². The molecule has 1 heterocycles. The minimum Gasteiger partial charge on any atom is -0.372 e. The number of benzene rings is 1. The number of halogens is 1. The molecule has 0 fully saturated rings. The van der Waals surface area contributed by atoms with E-state index in [4.69, 9.17) is 0 Å². The summed E-state index contributed by atoms with van der Waals surface area (Å²) in [5, 5.41) is 3.07. The van der Waals surface area contributed by atoms with Crippen LogP contribution in [0.1, 0.15) is 16.8 Å². The molecule has 0 saturated heterocycles. The molecule has 94 valence electrons. The fourth-order valence-corrected chi connectivity index (χ4v) is 2.11. The van der Waals surface area contributed by atoms with Gasteiger partial charge in [0, 0.05) is 12.6 Å². The molecule has 1 N–H and O–H groups in total. The molecule has 0 aliphatic carbocycles. The molecule has 0 radical (unpaired) electrons. The van der Waals surface area contributed by atoms with Crippen LogP contribution in [0.4, 0.5) is 5.82 Å². The normalized spacial score (nSPS) is 10.5. The molecule has 1 aromatic carbocycles. The van der Waals surface area contributed by atoms with Gasteiger partial charge in [-0.05, 0) is 53.9 Å². The maximum Gasteiger partial charge on any atom is 0.161 e. The van der Waals surface area contributed by atoms with Crippen molar-refractivity contribution in [2.24, 2.45) is 0 Å². The van der Waals surface area contributed by atoms with Crippen molar-refractivity contribution in [2.75, 3.05) is 12.4 Å². The zero-order chi connectivity index (χ0) is 13.3. The van der Waals surface area contributed by atoms with E-state index in [1.807, 2.05) is 14.0 Å². The van der Waals surface area contributed by atoms with Gasteiger partial charge in [-0.3, -0.25) is 0 Å². The van der Waals surface area contributed by atoms with Crippen LogP contribution >= 0.6 is 15.9 Å². The molecule has 0 aliphatic heterocycles. The zero-order valence-electron chi connectivity index (χ0n) is 11.0. The lowest BCUT2D eigenvalue weighted by Gasteiger charge is -2.09. The lowest BCUT2D eigenvalue weighted by atomic mass is 10.1.